The van der Waals surface area contributed by atoms with Crippen molar-refractivity contribution in [2.45, 2.75) is 12.5 Å². The van der Waals surface area contributed by atoms with E-state index < -0.39 is 11.6 Å². The van der Waals surface area contributed by atoms with Gasteiger partial charge in [-0.15, -0.1) is 0 Å². The van der Waals surface area contributed by atoms with Crippen LogP contribution in [0, 0.1) is 11.6 Å². The molecule has 2 aromatic rings. The largest absolute Gasteiger partial charge is 0.271 e. The minimum absolute atomic E-state index is 0.299. The van der Waals surface area contributed by atoms with Gasteiger partial charge in [-0.05, 0) is 24.1 Å². The van der Waals surface area contributed by atoms with E-state index >= 15 is 0 Å². The predicted octanol–water partition coefficient (Wildman–Crippen LogP) is 1.50. The molecule has 0 amide bonds. The highest BCUT2D eigenvalue weighted by Crippen LogP contribution is 2.17. The van der Waals surface area contributed by atoms with Crippen LogP contribution in [0.5, 0.6) is 0 Å². The van der Waals surface area contributed by atoms with Crippen molar-refractivity contribution in [2.24, 2.45) is 5.84 Å². The van der Waals surface area contributed by atoms with Gasteiger partial charge in [-0.25, -0.2) is 18.7 Å². The van der Waals surface area contributed by atoms with Crippen LogP contribution in [0.2, 0.25) is 0 Å². The Bertz CT molecular complexity index is 498. The van der Waals surface area contributed by atoms with Crippen molar-refractivity contribution < 1.29 is 8.78 Å². The van der Waals surface area contributed by atoms with Crippen molar-refractivity contribution >= 4 is 0 Å². The summed E-state index contributed by atoms with van der Waals surface area (Å²) in [6.07, 6.45) is 4.96. The highest BCUT2D eigenvalue weighted by atomic mass is 19.1. The molecule has 1 aromatic heterocycles. The first-order valence-corrected chi connectivity index (χ1v) is 5.35. The van der Waals surface area contributed by atoms with Crippen molar-refractivity contribution in [3.05, 3.63) is 59.7 Å². The summed E-state index contributed by atoms with van der Waals surface area (Å²) >= 11 is 0. The molecule has 1 aromatic carbocycles. The highest BCUT2D eigenvalue weighted by Gasteiger charge is 2.12. The first-order valence-electron chi connectivity index (χ1n) is 5.35. The third-order valence-electron chi connectivity index (χ3n) is 2.55. The Morgan fingerprint density at radius 3 is 2.28 bits per heavy atom. The van der Waals surface area contributed by atoms with Gasteiger partial charge in [-0.3, -0.25) is 11.3 Å². The van der Waals surface area contributed by atoms with Crippen molar-refractivity contribution in [1.29, 1.82) is 0 Å². The summed E-state index contributed by atoms with van der Waals surface area (Å²) < 4.78 is 26.1. The van der Waals surface area contributed by atoms with Gasteiger partial charge >= 0.3 is 0 Å². The molecule has 0 radical (unpaired) electrons. The Morgan fingerprint density at radius 2 is 1.72 bits per heavy atom. The second-order valence-corrected chi connectivity index (χ2v) is 3.87. The summed E-state index contributed by atoms with van der Waals surface area (Å²) in [7, 11) is 0. The van der Waals surface area contributed by atoms with Gasteiger partial charge in [-0.1, -0.05) is 0 Å². The second kappa shape index (κ2) is 5.61. The molecule has 0 aliphatic heterocycles. The van der Waals surface area contributed by atoms with E-state index in [0.717, 1.165) is 11.6 Å². The Labute approximate surface area is 103 Å². The Kier molecular flexibility index (Phi) is 3.91. The summed E-state index contributed by atoms with van der Waals surface area (Å²) in [5.41, 5.74) is 3.85. The summed E-state index contributed by atoms with van der Waals surface area (Å²) in [5.74, 6) is 4.22. The highest BCUT2D eigenvalue weighted by molar-refractivity contribution is 5.21. The summed E-state index contributed by atoms with van der Waals surface area (Å²) in [4.78, 5) is 7.75. The van der Waals surface area contributed by atoms with E-state index in [1.165, 1.54) is 18.5 Å². The smallest absolute Gasteiger partial charge is 0.126 e. The van der Waals surface area contributed by atoms with Crippen molar-refractivity contribution in [3.8, 4) is 0 Å². The van der Waals surface area contributed by atoms with E-state index in [-0.39, 0.29) is 6.04 Å². The molecule has 0 bridgehead atoms. The summed E-state index contributed by atoms with van der Waals surface area (Å²) in [6.45, 7) is 0. The average Bonchev–Trinajstić information content (AvgIpc) is 2.36. The zero-order valence-corrected chi connectivity index (χ0v) is 9.48. The van der Waals surface area contributed by atoms with Crippen LogP contribution < -0.4 is 11.3 Å². The van der Waals surface area contributed by atoms with Gasteiger partial charge in [0.1, 0.15) is 18.0 Å². The first kappa shape index (κ1) is 12.5. The van der Waals surface area contributed by atoms with Crippen LogP contribution in [-0.4, -0.2) is 9.97 Å². The molecular formula is C12H12F2N4. The van der Waals surface area contributed by atoms with Crippen molar-refractivity contribution in [1.82, 2.24) is 15.4 Å². The van der Waals surface area contributed by atoms with Crippen molar-refractivity contribution in [2.75, 3.05) is 0 Å². The normalized spacial score (nSPS) is 12.4. The number of rotatable bonds is 4. The van der Waals surface area contributed by atoms with E-state index in [0.29, 0.717) is 12.0 Å². The van der Waals surface area contributed by atoms with Gasteiger partial charge in [0.2, 0.25) is 0 Å². The number of nitrogens with zero attached hydrogens (tertiary/aromatic N) is 2. The quantitative estimate of drug-likeness (QED) is 0.637. The number of hydrazine groups is 1. The molecule has 18 heavy (non-hydrogen) atoms. The van der Waals surface area contributed by atoms with Crippen LogP contribution in [0.1, 0.15) is 17.2 Å². The van der Waals surface area contributed by atoms with Gasteiger partial charge in [0.15, 0.2) is 0 Å². The molecule has 94 valence electrons. The lowest BCUT2D eigenvalue weighted by molar-refractivity contribution is 0.537. The van der Waals surface area contributed by atoms with Crippen LogP contribution in [0.15, 0.2) is 36.9 Å². The SMILES string of the molecule is NNC(Cc1cc(F)cc(F)c1)c1cncnc1. The Morgan fingerprint density at radius 1 is 1.11 bits per heavy atom. The minimum atomic E-state index is -0.606. The van der Waals surface area contributed by atoms with Crippen LogP contribution in [0.25, 0.3) is 0 Å². The van der Waals surface area contributed by atoms with Crippen LogP contribution in [0.3, 0.4) is 0 Å². The number of benzene rings is 1. The summed E-state index contributed by atoms with van der Waals surface area (Å²) in [5, 5.41) is 0. The maximum absolute atomic E-state index is 13.1. The molecule has 2 rings (SSSR count). The number of nitrogens with one attached hydrogen (secondary N) is 1. The van der Waals surface area contributed by atoms with E-state index in [9.17, 15) is 8.78 Å². The Hall–Kier alpha value is -1.92. The predicted molar refractivity (Wildman–Crippen MR) is 62.2 cm³/mol. The molecule has 0 saturated heterocycles. The molecule has 4 nitrogen and oxygen atoms in total. The molecule has 3 N–H and O–H groups in total. The maximum Gasteiger partial charge on any atom is 0.126 e. The number of nitrogens with two attached hydrogens (primary N) is 1. The van der Waals surface area contributed by atoms with E-state index in [4.69, 9.17) is 5.84 Å². The third kappa shape index (κ3) is 3.06. The average molecular weight is 250 g/mol. The maximum atomic E-state index is 13.1. The molecule has 0 spiro atoms. The van der Waals surface area contributed by atoms with Crippen LogP contribution >= 0.6 is 0 Å². The van der Waals surface area contributed by atoms with Crippen LogP contribution in [-0.2, 0) is 6.42 Å². The number of hydrogen-bond donors (Lipinski definition) is 2. The number of halogens is 2. The van der Waals surface area contributed by atoms with E-state index in [1.807, 2.05) is 0 Å². The molecular weight excluding hydrogens is 238 g/mol. The fourth-order valence-electron chi connectivity index (χ4n) is 1.73. The fraction of sp³-hybridized carbons (Fsp3) is 0.167. The monoisotopic (exact) mass is 250 g/mol. The van der Waals surface area contributed by atoms with Gasteiger partial charge in [0.25, 0.3) is 0 Å². The zero-order chi connectivity index (χ0) is 13.0. The zero-order valence-electron chi connectivity index (χ0n) is 9.48. The second-order valence-electron chi connectivity index (χ2n) is 3.87. The first-order chi connectivity index (χ1) is 8.69. The topological polar surface area (TPSA) is 63.8 Å². The standard InChI is InChI=1S/C12H12F2N4/c13-10-1-8(2-11(14)4-10)3-12(18-15)9-5-16-7-17-6-9/h1-2,4-7,12,18H,3,15H2. The molecule has 1 heterocycles. The number of hydrogen-bond acceptors (Lipinski definition) is 4. The van der Waals surface area contributed by atoms with Gasteiger partial charge in [0.05, 0.1) is 6.04 Å². The lowest BCUT2D eigenvalue weighted by Gasteiger charge is -2.15. The molecule has 0 aliphatic rings. The van der Waals surface area contributed by atoms with Crippen molar-refractivity contribution in [3.63, 3.8) is 0 Å². The van der Waals surface area contributed by atoms with Gasteiger partial charge in [-0.2, -0.15) is 0 Å². The van der Waals surface area contributed by atoms with Gasteiger partial charge in [0, 0.05) is 24.0 Å². The minimum Gasteiger partial charge on any atom is -0.271 e. The summed E-state index contributed by atoms with van der Waals surface area (Å²) in [6, 6.07) is 3.08. The molecule has 0 fully saturated rings. The lowest BCUT2D eigenvalue weighted by atomic mass is 10.0. The lowest BCUT2D eigenvalue weighted by Crippen LogP contribution is -2.29. The molecule has 6 heteroatoms. The van der Waals surface area contributed by atoms with Crippen LogP contribution in [0.4, 0.5) is 8.78 Å². The van der Waals surface area contributed by atoms with E-state index in [2.05, 4.69) is 15.4 Å². The number of aromatic nitrogens is 2. The molecule has 0 aliphatic carbocycles. The third-order valence-corrected chi connectivity index (χ3v) is 2.55. The van der Waals surface area contributed by atoms with Gasteiger partial charge < -0.3 is 0 Å². The molecule has 1 unspecified atom stereocenters. The Balaban J connectivity index is 2.20. The molecule has 1 atom stereocenters. The molecule has 0 saturated carbocycles. The van der Waals surface area contributed by atoms with E-state index in [1.54, 1.807) is 12.4 Å². The fourth-order valence-corrected chi connectivity index (χ4v) is 1.73.